The third kappa shape index (κ3) is 5.01. The molecule has 23 heavy (non-hydrogen) atoms. The second-order valence-electron chi connectivity index (χ2n) is 7.10. The molecular weight excluding hydrogens is 290 g/mol. The highest BCUT2D eigenvalue weighted by atomic mass is 16.6. The summed E-state index contributed by atoms with van der Waals surface area (Å²) in [4.78, 5) is 12.2. The SMILES string of the molecule is C#CCC[C@](C)(NC(=O)OC(C)(C)C)[C@](C)(O)c1ccccc1. The lowest BCUT2D eigenvalue weighted by molar-refractivity contribution is -0.0438. The zero-order chi connectivity index (χ0) is 17.7. The Morgan fingerprint density at radius 2 is 1.78 bits per heavy atom. The lowest BCUT2D eigenvalue weighted by Crippen LogP contribution is -2.60. The fourth-order valence-corrected chi connectivity index (χ4v) is 2.36. The zero-order valence-electron chi connectivity index (χ0n) is 14.6. The van der Waals surface area contributed by atoms with Crippen LogP contribution in [0.2, 0.25) is 0 Å². The van der Waals surface area contributed by atoms with Crippen molar-refractivity contribution >= 4 is 6.09 Å². The molecule has 0 aromatic heterocycles. The van der Waals surface area contributed by atoms with Gasteiger partial charge in [-0.25, -0.2) is 4.79 Å². The number of amides is 1. The summed E-state index contributed by atoms with van der Waals surface area (Å²) in [5.74, 6) is 2.57. The van der Waals surface area contributed by atoms with Crippen molar-refractivity contribution in [1.29, 1.82) is 0 Å². The predicted octanol–water partition coefficient (Wildman–Crippen LogP) is 3.59. The number of carbonyl (C=O) groups is 1. The third-order valence-electron chi connectivity index (χ3n) is 3.96. The largest absolute Gasteiger partial charge is 0.444 e. The van der Waals surface area contributed by atoms with E-state index in [1.807, 2.05) is 30.3 Å². The molecule has 0 unspecified atom stereocenters. The van der Waals surface area contributed by atoms with E-state index in [9.17, 15) is 9.90 Å². The normalized spacial score (nSPS) is 16.6. The summed E-state index contributed by atoms with van der Waals surface area (Å²) in [5, 5.41) is 14.0. The first kappa shape index (κ1) is 19.1. The Morgan fingerprint density at radius 3 is 2.26 bits per heavy atom. The van der Waals surface area contributed by atoms with Crippen molar-refractivity contribution in [1.82, 2.24) is 5.32 Å². The quantitative estimate of drug-likeness (QED) is 0.816. The van der Waals surface area contributed by atoms with Crippen LogP contribution in [-0.2, 0) is 10.3 Å². The number of nitrogens with one attached hydrogen (secondary N) is 1. The minimum atomic E-state index is -1.30. The Bertz CT molecular complexity index is 567. The number of ether oxygens (including phenoxy) is 1. The van der Waals surface area contributed by atoms with Gasteiger partial charge >= 0.3 is 6.09 Å². The number of terminal acetylenes is 1. The van der Waals surface area contributed by atoms with Gasteiger partial charge in [0.2, 0.25) is 0 Å². The molecule has 0 saturated heterocycles. The number of rotatable bonds is 5. The van der Waals surface area contributed by atoms with Crippen molar-refractivity contribution in [2.45, 2.75) is 64.2 Å². The summed E-state index contributed by atoms with van der Waals surface area (Å²) in [6.07, 6.45) is 5.65. The summed E-state index contributed by atoms with van der Waals surface area (Å²) in [6, 6.07) is 9.22. The van der Waals surface area contributed by atoms with Gasteiger partial charge < -0.3 is 15.2 Å². The van der Waals surface area contributed by atoms with Crippen molar-refractivity contribution in [2.75, 3.05) is 0 Å². The molecular formula is C19H27NO3. The molecule has 1 aromatic rings. The van der Waals surface area contributed by atoms with Gasteiger partial charge in [-0.3, -0.25) is 0 Å². The molecule has 4 nitrogen and oxygen atoms in total. The fraction of sp³-hybridized carbons (Fsp3) is 0.526. The van der Waals surface area contributed by atoms with Gasteiger partial charge in [0.1, 0.15) is 11.2 Å². The van der Waals surface area contributed by atoms with Crippen LogP contribution in [0, 0.1) is 12.3 Å². The molecule has 2 N–H and O–H groups in total. The number of aliphatic hydroxyl groups is 1. The standard InChI is InChI=1S/C19H27NO3/c1-7-8-14-18(5,20-16(21)23-17(2,3)4)19(6,22)15-12-10-9-11-13-15/h1,9-13,22H,8,14H2,2-6H3,(H,20,21)/t18-,19+/m0/s1. The van der Waals surface area contributed by atoms with E-state index in [1.165, 1.54) is 0 Å². The van der Waals surface area contributed by atoms with Crippen LogP contribution in [0.1, 0.15) is 53.0 Å². The summed E-state index contributed by atoms with van der Waals surface area (Å²) < 4.78 is 5.33. The molecule has 1 amide bonds. The maximum absolute atomic E-state index is 12.2. The Balaban J connectivity index is 3.11. The average molecular weight is 317 g/mol. The van der Waals surface area contributed by atoms with Gasteiger partial charge in [0.05, 0.1) is 5.54 Å². The number of alkyl carbamates (subject to hydrolysis) is 1. The summed E-state index contributed by atoms with van der Waals surface area (Å²) in [6.45, 7) is 8.83. The highest BCUT2D eigenvalue weighted by Gasteiger charge is 2.45. The molecule has 0 aliphatic carbocycles. The van der Waals surface area contributed by atoms with Gasteiger partial charge in [0.25, 0.3) is 0 Å². The number of carbonyl (C=O) groups excluding carboxylic acids is 1. The van der Waals surface area contributed by atoms with Crippen LogP contribution in [0.3, 0.4) is 0 Å². The van der Waals surface area contributed by atoms with E-state index in [4.69, 9.17) is 11.2 Å². The first-order chi connectivity index (χ1) is 10.5. The van der Waals surface area contributed by atoms with Gasteiger partial charge in [0.15, 0.2) is 0 Å². The van der Waals surface area contributed by atoms with E-state index in [-0.39, 0.29) is 0 Å². The van der Waals surface area contributed by atoms with Crippen molar-refractivity contribution in [3.63, 3.8) is 0 Å². The predicted molar refractivity (Wildman–Crippen MR) is 91.9 cm³/mol. The summed E-state index contributed by atoms with van der Waals surface area (Å²) in [5.41, 5.74) is -2.18. The minimum Gasteiger partial charge on any atom is -0.444 e. The maximum Gasteiger partial charge on any atom is 0.408 e. The Morgan fingerprint density at radius 1 is 1.22 bits per heavy atom. The second-order valence-corrected chi connectivity index (χ2v) is 7.10. The molecule has 2 atom stereocenters. The van der Waals surface area contributed by atoms with Gasteiger partial charge in [0, 0.05) is 6.42 Å². The van der Waals surface area contributed by atoms with E-state index in [0.29, 0.717) is 18.4 Å². The smallest absolute Gasteiger partial charge is 0.408 e. The van der Waals surface area contributed by atoms with Gasteiger partial charge in [-0.2, -0.15) is 0 Å². The van der Waals surface area contributed by atoms with Crippen LogP contribution in [0.5, 0.6) is 0 Å². The van der Waals surface area contributed by atoms with Crippen molar-refractivity contribution in [2.24, 2.45) is 0 Å². The number of hydrogen-bond acceptors (Lipinski definition) is 3. The van der Waals surface area contributed by atoms with Crippen molar-refractivity contribution < 1.29 is 14.6 Å². The van der Waals surface area contributed by atoms with Gasteiger partial charge in [-0.15, -0.1) is 12.3 Å². The molecule has 126 valence electrons. The molecule has 0 aliphatic rings. The van der Waals surface area contributed by atoms with Crippen LogP contribution in [0.25, 0.3) is 0 Å². The van der Waals surface area contributed by atoms with Crippen LogP contribution in [0.4, 0.5) is 4.79 Å². The molecule has 0 heterocycles. The lowest BCUT2D eigenvalue weighted by Gasteiger charge is -2.43. The number of benzene rings is 1. The topological polar surface area (TPSA) is 58.6 Å². The molecule has 0 radical (unpaired) electrons. The molecule has 0 bridgehead atoms. The molecule has 4 heteroatoms. The van der Waals surface area contributed by atoms with E-state index in [0.717, 1.165) is 0 Å². The average Bonchev–Trinajstić information content (AvgIpc) is 2.43. The molecule has 0 aliphatic heterocycles. The van der Waals surface area contributed by atoms with Gasteiger partial charge in [-0.1, -0.05) is 30.3 Å². The molecule has 0 fully saturated rings. The Hall–Kier alpha value is -1.99. The Kier molecular flexibility index (Phi) is 5.85. The first-order valence-corrected chi connectivity index (χ1v) is 7.74. The van der Waals surface area contributed by atoms with E-state index in [2.05, 4.69) is 11.2 Å². The molecule has 1 rings (SSSR count). The van der Waals surface area contributed by atoms with Crippen molar-refractivity contribution in [3.05, 3.63) is 35.9 Å². The Labute approximate surface area is 139 Å². The second kappa shape index (κ2) is 7.06. The van der Waals surface area contributed by atoms with Gasteiger partial charge in [-0.05, 0) is 46.6 Å². The van der Waals surface area contributed by atoms with Crippen LogP contribution in [-0.4, -0.2) is 22.3 Å². The van der Waals surface area contributed by atoms with Crippen LogP contribution in [0.15, 0.2) is 30.3 Å². The minimum absolute atomic E-state index is 0.421. The highest BCUT2D eigenvalue weighted by molar-refractivity contribution is 5.69. The molecule has 0 saturated carbocycles. The number of hydrogen-bond donors (Lipinski definition) is 2. The summed E-state index contributed by atoms with van der Waals surface area (Å²) in [7, 11) is 0. The van der Waals surface area contributed by atoms with E-state index < -0.39 is 22.8 Å². The highest BCUT2D eigenvalue weighted by Crippen LogP contribution is 2.36. The maximum atomic E-state index is 12.2. The summed E-state index contributed by atoms with van der Waals surface area (Å²) >= 11 is 0. The monoisotopic (exact) mass is 317 g/mol. The lowest BCUT2D eigenvalue weighted by atomic mass is 9.74. The molecule has 1 aromatic carbocycles. The third-order valence-corrected chi connectivity index (χ3v) is 3.96. The van der Waals surface area contributed by atoms with E-state index in [1.54, 1.807) is 34.6 Å². The van der Waals surface area contributed by atoms with E-state index >= 15 is 0 Å². The van der Waals surface area contributed by atoms with Crippen molar-refractivity contribution in [3.8, 4) is 12.3 Å². The van der Waals surface area contributed by atoms with Crippen LogP contribution < -0.4 is 5.32 Å². The van der Waals surface area contributed by atoms with Crippen LogP contribution >= 0.6 is 0 Å². The first-order valence-electron chi connectivity index (χ1n) is 7.74. The zero-order valence-corrected chi connectivity index (χ0v) is 14.6. The molecule has 0 spiro atoms. The fourth-order valence-electron chi connectivity index (χ4n) is 2.36.